The maximum absolute atomic E-state index is 12.2. The van der Waals surface area contributed by atoms with Crippen molar-refractivity contribution in [3.8, 4) is 0 Å². The third-order valence-corrected chi connectivity index (χ3v) is 4.78. The number of benzene rings is 2. The van der Waals surface area contributed by atoms with Crippen LogP contribution in [0.15, 0.2) is 41.3 Å². The topological polar surface area (TPSA) is 92.7 Å². The van der Waals surface area contributed by atoms with E-state index in [1.54, 1.807) is 18.2 Å². The van der Waals surface area contributed by atoms with Crippen LogP contribution < -0.4 is 5.32 Å². The van der Waals surface area contributed by atoms with Gasteiger partial charge in [-0.2, -0.15) is 0 Å². The first kappa shape index (κ1) is 20.1. The van der Waals surface area contributed by atoms with Crippen molar-refractivity contribution in [2.75, 3.05) is 18.2 Å². The molecule has 0 heterocycles. The smallest absolute Gasteiger partial charge is 0.341 e. The van der Waals surface area contributed by atoms with Crippen LogP contribution in [0.4, 0.5) is 5.69 Å². The first-order valence-electron chi connectivity index (χ1n) is 7.15. The molecule has 2 aromatic rings. The maximum Gasteiger partial charge on any atom is 0.341 e. The van der Waals surface area contributed by atoms with Crippen LogP contribution in [0.1, 0.15) is 20.7 Å². The number of carbonyl (C=O) groups is 3. The first-order chi connectivity index (χ1) is 12.3. The van der Waals surface area contributed by atoms with E-state index < -0.39 is 17.8 Å². The lowest BCUT2D eigenvalue weighted by Crippen LogP contribution is -2.17. The third kappa shape index (κ3) is 4.91. The highest BCUT2D eigenvalue weighted by Crippen LogP contribution is 2.30. The van der Waals surface area contributed by atoms with Gasteiger partial charge in [-0.25, -0.2) is 9.59 Å². The van der Waals surface area contributed by atoms with Crippen LogP contribution in [0.5, 0.6) is 0 Å². The molecule has 0 aliphatic rings. The van der Waals surface area contributed by atoms with E-state index in [1.165, 1.54) is 25.3 Å². The lowest BCUT2D eigenvalue weighted by molar-refractivity contribution is -0.113. The van der Waals surface area contributed by atoms with E-state index in [-0.39, 0.29) is 32.6 Å². The lowest BCUT2D eigenvalue weighted by Gasteiger charge is -2.12. The number of carbonyl (C=O) groups excluding carboxylic acids is 2. The SMILES string of the molecule is COC(=O)c1c(Cl)cc(Cl)cc1NC(=O)CSc1ccccc1C(=O)O. The number of aromatic carboxylic acids is 1. The molecule has 136 valence electrons. The molecule has 9 heteroatoms. The maximum atomic E-state index is 12.2. The summed E-state index contributed by atoms with van der Waals surface area (Å²) in [5, 5.41) is 12.0. The van der Waals surface area contributed by atoms with E-state index in [9.17, 15) is 14.4 Å². The molecule has 2 rings (SSSR count). The number of anilines is 1. The zero-order valence-electron chi connectivity index (χ0n) is 13.4. The second kappa shape index (κ2) is 8.93. The van der Waals surface area contributed by atoms with Crippen LogP contribution in [-0.4, -0.2) is 35.8 Å². The highest BCUT2D eigenvalue weighted by atomic mass is 35.5. The fourth-order valence-corrected chi connectivity index (χ4v) is 3.50. The van der Waals surface area contributed by atoms with Crippen LogP contribution >= 0.6 is 35.0 Å². The van der Waals surface area contributed by atoms with E-state index >= 15 is 0 Å². The van der Waals surface area contributed by atoms with Crippen LogP contribution in [0.2, 0.25) is 10.0 Å². The van der Waals surface area contributed by atoms with Gasteiger partial charge in [0, 0.05) is 9.92 Å². The van der Waals surface area contributed by atoms with Gasteiger partial charge in [-0.05, 0) is 24.3 Å². The summed E-state index contributed by atoms with van der Waals surface area (Å²) in [4.78, 5) is 35.8. The molecule has 0 atom stereocenters. The summed E-state index contributed by atoms with van der Waals surface area (Å²) >= 11 is 13.0. The van der Waals surface area contributed by atoms with Crippen molar-refractivity contribution < 1.29 is 24.2 Å². The molecule has 0 spiro atoms. The van der Waals surface area contributed by atoms with Crippen LogP contribution in [0.25, 0.3) is 0 Å². The van der Waals surface area contributed by atoms with Gasteiger partial charge < -0.3 is 15.2 Å². The Morgan fingerprint density at radius 2 is 1.88 bits per heavy atom. The second-order valence-electron chi connectivity index (χ2n) is 4.94. The minimum absolute atomic E-state index is 0.0112. The number of nitrogens with one attached hydrogen (secondary N) is 1. The number of halogens is 2. The minimum Gasteiger partial charge on any atom is -0.478 e. The van der Waals surface area contributed by atoms with E-state index in [2.05, 4.69) is 10.1 Å². The molecule has 0 bridgehead atoms. The summed E-state index contributed by atoms with van der Waals surface area (Å²) in [6, 6.07) is 9.09. The zero-order valence-corrected chi connectivity index (χ0v) is 15.7. The average molecular weight is 414 g/mol. The van der Waals surface area contributed by atoms with Gasteiger partial charge in [-0.15, -0.1) is 11.8 Å². The van der Waals surface area contributed by atoms with Crippen LogP contribution in [0, 0.1) is 0 Å². The molecule has 26 heavy (non-hydrogen) atoms. The third-order valence-electron chi connectivity index (χ3n) is 3.19. The predicted molar refractivity (Wildman–Crippen MR) is 101 cm³/mol. The van der Waals surface area contributed by atoms with Crippen molar-refractivity contribution in [1.82, 2.24) is 0 Å². The van der Waals surface area contributed by atoms with Crippen molar-refractivity contribution >= 4 is 58.5 Å². The molecule has 0 fully saturated rings. The Morgan fingerprint density at radius 1 is 1.19 bits per heavy atom. The molecular weight excluding hydrogens is 401 g/mol. The number of carboxylic acids is 1. The fraction of sp³-hybridized carbons (Fsp3) is 0.118. The van der Waals surface area contributed by atoms with Crippen molar-refractivity contribution in [3.05, 3.63) is 57.6 Å². The molecule has 0 saturated heterocycles. The Labute approximate surface area is 163 Å². The summed E-state index contributed by atoms with van der Waals surface area (Å²) in [7, 11) is 1.19. The molecule has 0 aliphatic carbocycles. The molecule has 0 saturated carbocycles. The number of thioether (sulfide) groups is 1. The zero-order chi connectivity index (χ0) is 19.3. The molecule has 2 N–H and O–H groups in total. The Hall–Kier alpha value is -2.22. The summed E-state index contributed by atoms with van der Waals surface area (Å²) in [5.41, 5.74) is 0.209. The number of esters is 1. The Kier molecular flexibility index (Phi) is 6.90. The predicted octanol–water partition coefficient (Wildman–Crippen LogP) is 4.21. The van der Waals surface area contributed by atoms with Gasteiger partial charge in [0.25, 0.3) is 0 Å². The van der Waals surface area contributed by atoms with Crippen molar-refractivity contribution in [3.63, 3.8) is 0 Å². The molecule has 0 aromatic heterocycles. The van der Waals surface area contributed by atoms with Gasteiger partial charge in [0.15, 0.2) is 0 Å². The largest absolute Gasteiger partial charge is 0.478 e. The molecule has 0 radical (unpaired) electrons. The van der Waals surface area contributed by atoms with Crippen molar-refractivity contribution in [2.45, 2.75) is 4.90 Å². The number of methoxy groups -OCH3 is 1. The van der Waals surface area contributed by atoms with Gasteiger partial charge in [-0.3, -0.25) is 4.79 Å². The number of hydrogen-bond acceptors (Lipinski definition) is 5. The number of carboxylic acid groups (broad SMARTS) is 1. The average Bonchev–Trinajstić information content (AvgIpc) is 2.59. The van der Waals surface area contributed by atoms with Crippen molar-refractivity contribution in [1.29, 1.82) is 0 Å². The van der Waals surface area contributed by atoms with Gasteiger partial charge >= 0.3 is 11.9 Å². The summed E-state index contributed by atoms with van der Waals surface area (Å²) in [6.45, 7) is 0. The standard InChI is InChI=1S/C17H13Cl2NO5S/c1-25-17(24)15-11(19)6-9(18)7-12(15)20-14(21)8-26-13-5-3-2-4-10(13)16(22)23/h2-7H,8H2,1H3,(H,20,21)(H,22,23). The molecule has 2 aromatic carbocycles. The van der Waals surface area contributed by atoms with Crippen molar-refractivity contribution in [2.24, 2.45) is 0 Å². The van der Waals surface area contributed by atoms with Crippen LogP contribution in [0.3, 0.4) is 0 Å². The van der Waals surface area contributed by atoms with Gasteiger partial charge in [-0.1, -0.05) is 35.3 Å². The second-order valence-corrected chi connectivity index (χ2v) is 6.80. The highest BCUT2D eigenvalue weighted by Gasteiger charge is 2.19. The van der Waals surface area contributed by atoms with E-state index in [4.69, 9.17) is 28.3 Å². The van der Waals surface area contributed by atoms with Gasteiger partial charge in [0.1, 0.15) is 5.56 Å². The molecule has 0 unspecified atom stereocenters. The quantitative estimate of drug-likeness (QED) is 0.544. The lowest BCUT2D eigenvalue weighted by atomic mass is 10.1. The molecule has 6 nitrogen and oxygen atoms in total. The van der Waals surface area contributed by atoms with E-state index in [0.29, 0.717) is 4.90 Å². The Bertz CT molecular complexity index is 872. The number of ether oxygens (including phenoxy) is 1. The summed E-state index contributed by atoms with van der Waals surface area (Å²) in [5.74, 6) is -2.33. The first-order valence-corrected chi connectivity index (χ1v) is 8.90. The Morgan fingerprint density at radius 3 is 2.54 bits per heavy atom. The van der Waals surface area contributed by atoms with Gasteiger partial charge in [0.2, 0.25) is 5.91 Å². The number of hydrogen-bond donors (Lipinski definition) is 2. The number of rotatable bonds is 6. The Balaban J connectivity index is 2.16. The molecule has 1 amide bonds. The fourth-order valence-electron chi connectivity index (χ4n) is 2.08. The van der Waals surface area contributed by atoms with Crippen LogP contribution in [-0.2, 0) is 9.53 Å². The number of amides is 1. The summed E-state index contributed by atoms with van der Waals surface area (Å²) in [6.07, 6.45) is 0. The highest BCUT2D eigenvalue weighted by molar-refractivity contribution is 8.00. The van der Waals surface area contributed by atoms with E-state index in [1.807, 2.05) is 0 Å². The summed E-state index contributed by atoms with van der Waals surface area (Å²) < 4.78 is 4.66. The monoisotopic (exact) mass is 413 g/mol. The van der Waals surface area contributed by atoms with Gasteiger partial charge in [0.05, 0.1) is 29.1 Å². The van der Waals surface area contributed by atoms with E-state index in [0.717, 1.165) is 11.8 Å². The normalized spacial score (nSPS) is 10.3. The molecular formula is C17H13Cl2NO5S. The molecule has 0 aliphatic heterocycles. The minimum atomic E-state index is -1.08.